The highest BCUT2D eigenvalue weighted by Gasteiger charge is 2.09. The molecule has 1 nitrogen and oxygen atoms in total. The van der Waals surface area contributed by atoms with Crippen LogP contribution in [0.4, 0.5) is 0 Å². The summed E-state index contributed by atoms with van der Waals surface area (Å²) in [6.45, 7) is 3.71. The van der Waals surface area contributed by atoms with Gasteiger partial charge in [0.15, 0.2) is 5.78 Å². The molecule has 1 aliphatic carbocycles. The number of carbonyl (C=O) groups excluding carboxylic acids is 1. The largest absolute Gasteiger partial charge is 0.295 e. The van der Waals surface area contributed by atoms with E-state index in [1.165, 1.54) is 6.42 Å². The van der Waals surface area contributed by atoms with Gasteiger partial charge in [0.25, 0.3) is 0 Å². The molecule has 0 bridgehead atoms. The van der Waals surface area contributed by atoms with Crippen molar-refractivity contribution in [2.75, 3.05) is 0 Å². The van der Waals surface area contributed by atoms with Gasteiger partial charge in [-0.2, -0.15) is 0 Å². The maximum absolute atomic E-state index is 10.9. The third-order valence-corrected chi connectivity index (χ3v) is 1.78. The van der Waals surface area contributed by atoms with Gasteiger partial charge >= 0.3 is 0 Å². The van der Waals surface area contributed by atoms with Gasteiger partial charge in [-0.1, -0.05) is 13.0 Å². The Bertz CT molecular complexity index is 120. The van der Waals surface area contributed by atoms with E-state index in [4.69, 9.17) is 0 Å². The molecule has 0 N–H and O–H groups in total. The van der Waals surface area contributed by atoms with Crippen LogP contribution in [0.5, 0.6) is 0 Å². The number of rotatable bonds is 0. The second-order valence-electron chi connectivity index (χ2n) is 2.59. The number of carbonyl (C=O) groups is 1. The van der Waals surface area contributed by atoms with E-state index in [9.17, 15) is 4.79 Å². The maximum Gasteiger partial charge on any atom is 0.158 e. The van der Waals surface area contributed by atoms with Gasteiger partial charge in [0.2, 0.25) is 0 Å². The van der Waals surface area contributed by atoms with E-state index in [0.717, 1.165) is 31.3 Å². The first kappa shape index (κ1) is 6.53. The average molecular weight is 124 g/mol. The Balaban J connectivity index is 2.51. The molecule has 0 aromatic carbocycles. The van der Waals surface area contributed by atoms with Gasteiger partial charge in [-0.05, 0) is 24.8 Å². The summed E-state index contributed by atoms with van der Waals surface area (Å²) < 4.78 is 0. The van der Waals surface area contributed by atoms with Gasteiger partial charge in [-0.3, -0.25) is 4.79 Å². The Morgan fingerprint density at radius 2 is 1.78 bits per heavy atom. The molecule has 0 heterocycles. The lowest BCUT2D eigenvalue weighted by Gasteiger charge is -1.93. The van der Waals surface area contributed by atoms with Crippen LogP contribution in [0, 0.1) is 0 Å². The molecule has 1 aliphatic rings. The summed E-state index contributed by atoms with van der Waals surface area (Å²) in [5, 5.41) is 0. The topological polar surface area (TPSA) is 17.1 Å². The molecule has 0 amide bonds. The lowest BCUT2D eigenvalue weighted by molar-refractivity contribution is -0.115. The highest BCUT2D eigenvalue weighted by molar-refractivity contribution is 5.94. The second kappa shape index (κ2) is 2.81. The summed E-state index contributed by atoms with van der Waals surface area (Å²) in [5.41, 5.74) is 0.840. The molecule has 50 valence electrons. The van der Waals surface area contributed by atoms with Crippen molar-refractivity contribution >= 4 is 5.78 Å². The van der Waals surface area contributed by atoms with Crippen molar-refractivity contribution in [1.82, 2.24) is 0 Å². The van der Waals surface area contributed by atoms with Crippen LogP contribution in [-0.2, 0) is 4.79 Å². The Morgan fingerprint density at radius 3 is 2.56 bits per heavy atom. The molecular weight excluding hydrogens is 112 g/mol. The van der Waals surface area contributed by atoms with Crippen LogP contribution >= 0.6 is 0 Å². The first-order valence-electron chi connectivity index (χ1n) is 3.51. The summed E-state index contributed by atoms with van der Waals surface area (Å²) >= 11 is 0. The fraction of sp³-hybridized carbons (Fsp3) is 0.625. The van der Waals surface area contributed by atoms with E-state index in [2.05, 4.69) is 6.58 Å². The fourth-order valence-corrected chi connectivity index (χ4v) is 1.12. The molecule has 0 aromatic heterocycles. The minimum atomic E-state index is 0.285. The van der Waals surface area contributed by atoms with E-state index < -0.39 is 0 Å². The van der Waals surface area contributed by atoms with Gasteiger partial charge in [0.05, 0.1) is 0 Å². The molecule has 0 spiro atoms. The van der Waals surface area contributed by atoms with Gasteiger partial charge in [-0.15, -0.1) is 0 Å². The second-order valence-corrected chi connectivity index (χ2v) is 2.59. The van der Waals surface area contributed by atoms with E-state index in [0.29, 0.717) is 0 Å². The van der Waals surface area contributed by atoms with E-state index in [-0.39, 0.29) is 5.78 Å². The number of allylic oxidation sites excluding steroid dienone is 1. The molecule has 1 saturated carbocycles. The van der Waals surface area contributed by atoms with Crippen molar-refractivity contribution in [3.63, 3.8) is 0 Å². The third kappa shape index (κ3) is 1.67. The van der Waals surface area contributed by atoms with Crippen molar-refractivity contribution in [2.24, 2.45) is 0 Å². The van der Waals surface area contributed by atoms with Crippen LogP contribution in [0.3, 0.4) is 0 Å². The average Bonchev–Trinajstić information content (AvgIpc) is 1.99. The normalized spacial score (nSPS) is 21.8. The zero-order valence-corrected chi connectivity index (χ0v) is 5.65. The van der Waals surface area contributed by atoms with Gasteiger partial charge in [0.1, 0.15) is 0 Å². The molecule has 0 aromatic rings. The van der Waals surface area contributed by atoms with Crippen LogP contribution in [0.25, 0.3) is 0 Å². The SMILES string of the molecule is C=C1CCCCCC1=O. The van der Waals surface area contributed by atoms with Crippen molar-refractivity contribution in [2.45, 2.75) is 32.1 Å². The number of hydrogen-bond acceptors (Lipinski definition) is 1. The maximum atomic E-state index is 10.9. The summed E-state index contributed by atoms with van der Waals surface area (Å²) in [6, 6.07) is 0. The highest BCUT2D eigenvalue weighted by Crippen LogP contribution is 2.16. The van der Waals surface area contributed by atoms with E-state index in [1.54, 1.807) is 0 Å². The van der Waals surface area contributed by atoms with Gasteiger partial charge < -0.3 is 0 Å². The van der Waals surface area contributed by atoms with Crippen LogP contribution in [0.1, 0.15) is 32.1 Å². The smallest absolute Gasteiger partial charge is 0.158 e. The predicted octanol–water partition coefficient (Wildman–Crippen LogP) is 2.08. The van der Waals surface area contributed by atoms with E-state index in [1.807, 2.05) is 0 Å². The summed E-state index contributed by atoms with van der Waals surface area (Å²) in [7, 11) is 0. The Labute approximate surface area is 55.8 Å². The summed E-state index contributed by atoms with van der Waals surface area (Å²) in [4.78, 5) is 10.9. The minimum Gasteiger partial charge on any atom is -0.295 e. The molecule has 0 aliphatic heterocycles. The molecule has 1 rings (SSSR count). The van der Waals surface area contributed by atoms with Crippen LogP contribution in [-0.4, -0.2) is 5.78 Å². The van der Waals surface area contributed by atoms with Crippen LogP contribution in [0.2, 0.25) is 0 Å². The fourth-order valence-electron chi connectivity index (χ4n) is 1.12. The molecule has 1 heteroatoms. The highest BCUT2D eigenvalue weighted by atomic mass is 16.1. The monoisotopic (exact) mass is 124 g/mol. The standard InChI is InChI=1S/C8H12O/c1-7-5-3-2-4-6-8(7)9/h1-6H2. The molecule has 0 atom stereocenters. The van der Waals surface area contributed by atoms with Crippen molar-refractivity contribution in [3.05, 3.63) is 12.2 Å². The van der Waals surface area contributed by atoms with E-state index >= 15 is 0 Å². The zero-order chi connectivity index (χ0) is 6.69. The molecular formula is C8H12O. The molecule has 1 fully saturated rings. The number of Topliss-reactive ketones (excluding diaryl/α,β-unsaturated/α-hetero) is 1. The third-order valence-electron chi connectivity index (χ3n) is 1.78. The van der Waals surface area contributed by atoms with Gasteiger partial charge in [0, 0.05) is 6.42 Å². The first-order chi connectivity index (χ1) is 4.30. The minimum absolute atomic E-state index is 0.285. The molecule has 0 radical (unpaired) electrons. The Morgan fingerprint density at radius 1 is 1.11 bits per heavy atom. The lowest BCUT2D eigenvalue weighted by atomic mass is 10.1. The predicted molar refractivity (Wildman–Crippen MR) is 37.2 cm³/mol. The van der Waals surface area contributed by atoms with Crippen molar-refractivity contribution in [1.29, 1.82) is 0 Å². The van der Waals surface area contributed by atoms with Crippen LogP contribution in [0.15, 0.2) is 12.2 Å². The van der Waals surface area contributed by atoms with Crippen molar-refractivity contribution < 1.29 is 4.79 Å². The Hall–Kier alpha value is -0.590. The molecule has 9 heavy (non-hydrogen) atoms. The number of ketones is 1. The van der Waals surface area contributed by atoms with Crippen LogP contribution < -0.4 is 0 Å². The van der Waals surface area contributed by atoms with Gasteiger partial charge in [-0.25, -0.2) is 0 Å². The molecule has 0 saturated heterocycles. The zero-order valence-electron chi connectivity index (χ0n) is 5.65. The quantitative estimate of drug-likeness (QED) is 0.357. The molecule has 0 unspecified atom stereocenters. The Kier molecular flexibility index (Phi) is 2.04. The summed E-state index contributed by atoms with van der Waals surface area (Å²) in [5.74, 6) is 0.285. The summed E-state index contributed by atoms with van der Waals surface area (Å²) in [6.07, 6.45) is 5.09. The first-order valence-corrected chi connectivity index (χ1v) is 3.51. The lowest BCUT2D eigenvalue weighted by Crippen LogP contribution is -1.96. The van der Waals surface area contributed by atoms with Crippen molar-refractivity contribution in [3.8, 4) is 0 Å². The number of hydrogen-bond donors (Lipinski definition) is 0.